The molecule has 1 aromatic carbocycles. The molecule has 2 fully saturated rings. The van der Waals surface area contributed by atoms with Crippen LogP contribution in [0.15, 0.2) is 48.3 Å². The fourth-order valence-electron chi connectivity index (χ4n) is 3.52. The van der Waals surface area contributed by atoms with Crippen LogP contribution in [0.2, 0.25) is 0 Å². The van der Waals surface area contributed by atoms with Gasteiger partial charge in [0.05, 0.1) is 5.69 Å². The number of halogens is 1. The smallest absolute Gasteiger partial charge is 0.335 e. The van der Waals surface area contributed by atoms with Gasteiger partial charge < -0.3 is 4.90 Å². The quantitative estimate of drug-likeness (QED) is 0.639. The van der Waals surface area contributed by atoms with Crippen LogP contribution in [0.1, 0.15) is 24.8 Å². The Morgan fingerprint density at radius 1 is 0.966 bits per heavy atom. The molecule has 0 radical (unpaired) electrons. The maximum absolute atomic E-state index is 14.7. The van der Waals surface area contributed by atoms with Gasteiger partial charge in [0.1, 0.15) is 11.4 Å². The van der Waals surface area contributed by atoms with E-state index in [0.29, 0.717) is 0 Å². The van der Waals surface area contributed by atoms with Gasteiger partial charge in [-0.15, -0.1) is 0 Å². The summed E-state index contributed by atoms with van der Waals surface area (Å²) in [5.74, 6) is -2.21. The predicted molar refractivity (Wildman–Crippen MR) is 106 cm³/mol. The minimum Gasteiger partial charge on any atom is -0.371 e. The van der Waals surface area contributed by atoms with Crippen molar-refractivity contribution in [3.8, 4) is 0 Å². The molecule has 29 heavy (non-hydrogen) atoms. The first-order valence-corrected chi connectivity index (χ1v) is 9.40. The van der Waals surface area contributed by atoms with E-state index < -0.39 is 23.7 Å². The average Bonchev–Trinajstić information content (AvgIpc) is 2.73. The maximum Gasteiger partial charge on any atom is 0.335 e. The number of nitrogens with zero attached hydrogens (tertiary/aromatic N) is 3. The zero-order valence-electron chi connectivity index (χ0n) is 15.6. The van der Waals surface area contributed by atoms with Crippen molar-refractivity contribution < 1.29 is 18.8 Å². The highest BCUT2D eigenvalue weighted by Gasteiger charge is 2.36. The fraction of sp³-hybridized carbons (Fsp3) is 0.238. The van der Waals surface area contributed by atoms with Crippen LogP contribution in [0.3, 0.4) is 0 Å². The summed E-state index contributed by atoms with van der Waals surface area (Å²) in [6.45, 7) is 1.76. The lowest BCUT2D eigenvalue weighted by atomic mass is 10.0. The Labute approximate surface area is 166 Å². The molecule has 1 N–H and O–H groups in total. The molecule has 8 heteroatoms. The van der Waals surface area contributed by atoms with Crippen molar-refractivity contribution in [3.63, 3.8) is 0 Å². The van der Waals surface area contributed by atoms with Crippen LogP contribution in [-0.4, -0.2) is 35.9 Å². The molecule has 0 atom stereocenters. The standard InChI is InChI=1S/C21H19FN4O3/c22-18-13-16(25-10-2-1-3-11-25)5-4-14(18)12-17-19(27)24-21(29)26(20(17)28)15-6-8-23-9-7-15/h4-9,12-13H,1-3,10-11H2,(H,24,27,29)/b17-12+. The molecule has 1 aromatic heterocycles. The SMILES string of the molecule is O=C1NC(=O)N(c2ccncc2)C(=O)/C1=C/c1ccc(N2CCCCC2)cc1F. The average molecular weight is 394 g/mol. The Morgan fingerprint density at radius 3 is 2.38 bits per heavy atom. The normalized spacial score (nSPS) is 18.9. The van der Waals surface area contributed by atoms with Crippen molar-refractivity contribution in [1.82, 2.24) is 10.3 Å². The van der Waals surface area contributed by atoms with Crippen molar-refractivity contribution in [1.29, 1.82) is 0 Å². The third kappa shape index (κ3) is 3.73. The van der Waals surface area contributed by atoms with E-state index in [4.69, 9.17) is 0 Å². The molecule has 0 spiro atoms. The van der Waals surface area contributed by atoms with Gasteiger partial charge in [-0.05, 0) is 55.7 Å². The third-order valence-corrected chi connectivity index (χ3v) is 5.03. The Bertz CT molecular complexity index is 1000. The summed E-state index contributed by atoms with van der Waals surface area (Å²) in [5.41, 5.74) is 0.832. The Morgan fingerprint density at radius 2 is 1.69 bits per heavy atom. The van der Waals surface area contributed by atoms with Crippen LogP contribution in [0.4, 0.5) is 20.6 Å². The van der Waals surface area contributed by atoms with Gasteiger partial charge in [-0.25, -0.2) is 14.1 Å². The van der Waals surface area contributed by atoms with Crippen LogP contribution in [0.25, 0.3) is 6.08 Å². The monoisotopic (exact) mass is 394 g/mol. The number of hydrogen-bond donors (Lipinski definition) is 1. The molecule has 4 rings (SSSR count). The lowest BCUT2D eigenvalue weighted by molar-refractivity contribution is -0.122. The zero-order valence-corrected chi connectivity index (χ0v) is 15.6. The molecule has 2 saturated heterocycles. The van der Waals surface area contributed by atoms with Crippen molar-refractivity contribution in [2.24, 2.45) is 0 Å². The number of piperidine rings is 1. The van der Waals surface area contributed by atoms with E-state index in [1.807, 2.05) is 0 Å². The Hall–Kier alpha value is -3.55. The van der Waals surface area contributed by atoms with Gasteiger partial charge >= 0.3 is 6.03 Å². The molecule has 0 saturated carbocycles. The summed E-state index contributed by atoms with van der Waals surface area (Å²) in [6, 6.07) is 6.81. The number of pyridine rings is 1. The number of amides is 4. The number of benzene rings is 1. The molecule has 148 valence electrons. The van der Waals surface area contributed by atoms with Gasteiger partial charge in [0.2, 0.25) is 0 Å². The molecule has 2 aliphatic rings. The Balaban J connectivity index is 1.65. The van der Waals surface area contributed by atoms with E-state index in [1.54, 1.807) is 12.1 Å². The molecule has 2 aromatic rings. The van der Waals surface area contributed by atoms with Gasteiger partial charge in [-0.3, -0.25) is 19.9 Å². The first-order valence-electron chi connectivity index (χ1n) is 9.40. The van der Waals surface area contributed by atoms with Gasteiger partial charge in [0.25, 0.3) is 11.8 Å². The number of rotatable bonds is 3. The topological polar surface area (TPSA) is 82.6 Å². The number of carbonyl (C=O) groups is 3. The highest BCUT2D eigenvalue weighted by molar-refractivity contribution is 6.39. The minimum absolute atomic E-state index is 0.105. The maximum atomic E-state index is 14.7. The van der Waals surface area contributed by atoms with Crippen molar-refractivity contribution >= 4 is 35.3 Å². The third-order valence-electron chi connectivity index (χ3n) is 5.03. The summed E-state index contributed by atoms with van der Waals surface area (Å²) < 4.78 is 14.7. The largest absolute Gasteiger partial charge is 0.371 e. The number of nitrogens with one attached hydrogen (secondary N) is 1. The number of urea groups is 1. The van der Waals surface area contributed by atoms with E-state index in [1.165, 1.54) is 43.1 Å². The number of aromatic nitrogens is 1. The summed E-state index contributed by atoms with van der Waals surface area (Å²) in [7, 11) is 0. The number of imide groups is 2. The van der Waals surface area contributed by atoms with Gasteiger partial charge in [0, 0.05) is 36.7 Å². The second-order valence-corrected chi connectivity index (χ2v) is 6.92. The molecule has 2 aliphatic heterocycles. The molecular formula is C21H19FN4O3. The highest BCUT2D eigenvalue weighted by Crippen LogP contribution is 2.25. The van der Waals surface area contributed by atoms with E-state index in [-0.39, 0.29) is 16.8 Å². The van der Waals surface area contributed by atoms with Crippen LogP contribution in [0.5, 0.6) is 0 Å². The first kappa shape index (κ1) is 18.8. The van der Waals surface area contributed by atoms with E-state index in [9.17, 15) is 18.8 Å². The zero-order chi connectivity index (χ0) is 20.4. The molecule has 4 amide bonds. The van der Waals surface area contributed by atoms with Crippen molar-refractivity contribution in [3.05, 3.63) is 59.7 Å². The lowest BCUT2D eigenvalue weighted by Gasteiger charge is -2.29. The first-order chi connectivity index (χ1) is 14.0. The van der Waals surface area contributed by atoms with E-state index in [2.05, 4.69) is 15.2 Å². The second-order valence-electron chi connectivity index (χ2n) is 6.92. The van der Waals surface area contributed by atoms with E-state index in [0.717, 1.165) is 36.5 Å². The number of hydrogen-bond acceptors (Lipinski definition) is 5. The number of carbonyl (C=O) groups excluding carboxylic acids is 3. The molecule has 0 aliphatic carbocycles. The van der Waals surface area contributed by atoms with Gasteiger partial charge in [-0.2, -0.15) is 0 Å². The van der Waals surface area contributed by atoms with Gasteiger partial charge in [0.15, 0.2) is 0 Å². The fourth-order valence-corrected chi connectivity index (χ4v) is 3.52. The molecule has 3 heterocycles. The minimum atomic E-state index is -0.857. The summed E-state index contributed by atoms with van der Waals surface area (Å²) in [5, 5.41) is 2.12. The van der Waals surface area contributed by atoms with Crippen molar-refractivity contribution in [2.75, 3.05) is 22.9 Å². The molecule has 0 unspecified atom stereocenters. The summed E-state index contributed by atoms with van der Waals surface area (Å²) >= 11 is 0. The number of barbiturate groups is 1. The molecule has 0 bridgehead atoms. The van der Waals surface area contributed by atoms with Gasteiger partial charge in [-0.1, -0.05) is 0 Å². The number of anilines is 2. The predicted octanol–water partition coefficient (Wildman–Crippen LogP) is 2.88. The van der Waals surface area contributed by atoms with Crippen LogP contribution >= 0.6 is 0 Å². The Kier molecular flexibility index (Phi) is 5.07. The summed E-state index contributed by atoms with van der Waals surface area (Å²) in [4.78, 5) is 44.0. The molecule has 7 nitrogen and oxygen atoms in total. The molecular weight excluding hydrogens is 375 g/mol. The summed E-state index contributed by atoms with van der Waals surface area (Å²) in [6.07, 6.45) is 7.34. The van der Waals surface area contributed by atoms with Crippen LogP contribution in [-0.2, 0) is 9.59 Å². The van der Waals surface area contributed by atoms with Crippen molar-refractivity contribution in [2.45, 2.75) is 19.3 Å². The highest BCUT2D eigenvalue weighted by atomic mass is 19.1. The van der Waals surface area contributed by atoms with Crippen LogP contribution < -0.4 is 15.1 Å². The van der Waals surface area contributed by atoms with E-state index >= 15 is 0 Å². The lowest BCUT2D eigenvalue weighted by Crippen LogP contribution is -2.54. The van der Waals surface area contributed by atoms with Crippen LogP contribution in [0, 0.1) is 5.82 Å². The second kappa shape index (κ2) is 7.83.